The number of hydrogen-bond acceptors (Lipinski definition) is 2. The smallest absolute Gasteiger partial charge is 0.300 e. The molecule has 0 unspecified atom stereocenters. The first-order chi connectivity index (χ1) is 4.65. The second kappa shape index (κ2) is 3.23. The van der Waals surface area contributed by atoms with Crippen molar-refractivity contribution in [2.24, 2.45) is 16.9 Å². The fraction of sp³-hybridized carbons (Fsp3) is 1.00. The van der Waals surface area contributed by atoms with Crippen LogP contribution in [-0.4, -0.2) is 5.60 Å². The third-order valence-electron chi connectivity index (χ3n) is 1.77. The molecule has 5 heteroatoms. The Morgan fingerprint density at radius 3 is 1.82 bits per heavy atom. The van der Waals surface area contributed by atoms with Crippen LogP contribution in [0.15, 0.2) is 0 Å². The summed E-state index contributed by atoms with van der Waals surface area (Å²) in [6.45, 7) is 7.53. The van der Waals surface area contributed by atoms with Crippen molar-refractivity contribution in [2.45, 2.75) is 33.3 Å². The van der Waals surface area contributed by atoms with E-state index in [4.69, 9.17) is 15.5 Å². The summed E-state index contributed by atoms with van der Waals surface area (Å²) in [5.41, 5.74) is 9.61. The van der Waals surface area contributed by atoms with Crippen LogP contribution in [0.3, 0.4) is 0 Å². The van der Waals surface area contributed by atoms with E-state index in [-0.39, 0.29) is 5.92 Å². The summed E-state index contributed by atoms with van der Waals surface area (Å²) in [6.07, 6.45) is 0. The van der Waals surface area contributed by atoms with Gasteiger partial charge in [-0.3, -0.25) is 4.57 Å². The average Bonchev–Trinajstić information content (AvgIpc) is 1.56. The summed E-state index contributed by atoms with van der Waals surface area (Å²) in [6, 6.07) is 0. The largest absolute Gasteiger partial charge is 0.336 e. The minimum absolute atomic E-state index is 0.225. The Hall–Kier alpha value is 0.110. The van der Waals surface area contributed by atoms with Crippen LogP contribution >= 0.6 is 7.67 Å². The normalized spacial score (nSPS) is 14.1. The van der Waals surface area contributed by atoms with Gasteiger partial charge in [0.05, 0.1) is 5.60 Å². The van der Waals surface area contributed by atoms with Crippen LogP contribution in [0, 0.1) is 5.92 Å². The molecule has 4 nitrogen and oxygen atoms in total. The fourth-order valence-electron chi connectivity index (χ4n) is 0.473. The van der Waals surface area contributed by atoms with Crippen LogP contribution in [0.25, 0.3) is 0 Å². The van der Waals surface area contributed by atoms with E-state index in [1.807, 2.05) is 27.7 Å². The maximum atomic E-state index is 10.9. The highest BCUT2D eigenvalue weighted by molar-refractivity contribution is 7.53. The number of hydrogen-bond donors (Lipinski definition) is 2. The first-order valence-corrected chi connectivity index (χ1v) is 5.29. The van der Waals surface area contributed by atoms with Crippen LogP contribution in [0.1, 0.15) is 27.7 Å². The molecule has 0 radical (unpaired) electrons. The maximum absolute atomic E-state index is 10.9. The molecule has 0 aliphatic carbocycles. The highest BCUT2D eigenvalue weighted by Gasteiger charge is 2.29. The summed E-state index contributed by atoms with van der Waals surface area (Å²) >= 11 is 0. The third-order valence-corrected chi connectivity index (χ3v) is 2.52. The van der Waals surface area contributed by atoms with Gasteiger partial charge in [0.1, 0.15) is 0 Å². The van der Waals surface area contributed by atoms with E-state index < -0.39 is 13.3 Å². The van der Waals surface area contributed by atoms with Crippen molar-refractivity contribution in [1.82, 2.24) is 0 Å². The van der Waals surface area contributed by atoms with Gasteiger partial charge in [0.2, 0.25) is 0 Å². The summed E-state index contributed by atoms with van der Waals surface area (Å²) in [5, 5.41) is 0. The zero-order chi connectivity index (χ0) is 9.28. The fourth-order valence-corrected chi connectivity index (χ4v) is 1.42. The molecule has 0 heterocycles. The molecule has 0 fully saturated rings. The van der Waals surface area contributed by atoms with Crippen LogP contribution in [0.2, 0.25) is 0 Å². The minimum Gasteiger partial charge on any atom is -0.300 e. The molecule has 0 atom stereocenters. The highest BCUT2D eigenvalue weighted by atomic mass is 31.2. The van der Waals surface area contributed by atoms with Gasteiger partial charge < -0.3 is 4.52 Å². The molecule has 0 spiro atoms. The summed E-state index contributed by atoms with van der Waals surface area (Å²) in [7, 11) is -3.34. The van der Waals surface area contributed by atoms with E-state index in [9.17, 15) is 4.57 Å². The van der Waals surface area contributed by atoms with Crippen molar-refractivity contribution in [3.05, 3.63) is 0 Å². The second-order valence-corrected chi connectivity index (χ2v) is 4.97. The molecular formula is C6H17N2O2P. The van der Waals surface area contributed by atoms with Gasteiger partial charge in [0.25, 0.3) is 0 Å². The highest BCUT2D eigenvalue weighted by Crippen LogP contribution is 2.37. The zero-order valence-corrected chi connectivity index (χ0v) is 8.39. The first kappa shape index (κ1) is 11.1. The van der Waals surface area contributed by atoms with Gasteiger partial charge in [0, 0.05) is 0 Å². The van der Waals surface area contributed by atoms with Gasteiger partial charge in [0.15, 0.2) is 0 Å². The number of nitrogens with two attached hydrogens (primary N) is 2. The molecule has 11 heavy (non-hydrogen) atoms. The molecule has 0 aromatic carbocycles. The SMILES string of the molecule is CC(C)C(C)(C)OP(N)(N)=O. The van der Waals surface area contributed by atoms with Crippen LogP contribution in [-0.2, 0) is 9.09 Å². The number of rotatable bonds is 3. The van der Waals surface area contributed by atoms with E-state index in [0.29, 0.717) is 0 Å². The predicted molar refractivity (Wildman–Crippen MR) is 46.0 cm³/mol. The monoisotopic (exact) mass is 180 g/mol. The molecule has 0 rings (SSSR count). The summed E-state index contributed by atoms with van der Waals surface area (Å²) < 4.78 is 15.9. The molecular weight excluding hydrogens is 163 g/mol. The molecule has 0 aromatic rings. The lowest BCUT2D eigenvalue weighted by Gasteiger charge is -2.30. The van der Waals surface area contributed by atoms with Crippen molar-refractivity contribution in [2.75, 3.05) is 0 Å². The van der Waals surface area contributed by atoms with Gasteiger partial charge >= 0.3 is 7.67 Å². The van der Waals surface area contributed by atoms with Crippen LogP contribution in [0.4, 0.5) is 0 Å². The summed E-state index contributed by atoms with van der Waals surface area (Å²) in [5.74, 6) is 0.225. The van der Waals surface area contributed by atoms with Gasteiger partial charge in [-0.2, -0.15) is 0 Å². The van der Waals surface area contributed by atoms with E-state index in [2.05, 4.69) is 0 Å². The quantitative estimate of drug-likeness (QED) is 0.644. The van der Waals surface area contributed by atoms with Gasteiger partial charge in [-0.15, -0.1) is 0 Å². The standard InChI is InChI=1S/C6H17N2O2P/c1-5(2)6(3,4)10-11(7,8)9/h5H,1-4H3,(H4,7,8,9). The minimum atomic E-state index is -3.34. The average molecular weight is 180 g/mol. The Morgan fingerprint density at radius 2 is 1.73 bits per heavy atom. The van der Waals surface area contributed by atoms with Crippen molar-refractivity contribution in [3.63, 3.8) is 0 Å². The lowest BCUT2D eigenvalue weighted by molar-refractivity contribution is 0.0631. The van der Waals surface area contributed by atoms with E-state index in [1.54, 1.807) is 0 Å². The Bertz CT molecular complexity index is 173. The summed E-state index contributed by atoms with van der Waals surface area (Å²) in [4.78, 5) is 0. The maximum Gasteiger partial charge on any atom is 0.336 e. The predicted octanol–water partition coefficient (Wildman–Crippen LogP) is 1.46. The molecule has 0 bridgehead atoms. The van der Waals surface area contributed by atoms with Gasteiger partial charge in [-0.05, 0) is 19.8 Å². The Balaban J connectivity index is 4.25. The van der Waals surface area contributed by atoms with Crippen molar-refractivity contribution < 1.29 is 9.09 Å². The molecule has 4 N–H and O–H groups in total. The van der Waals surface area contributed by atoms with Crippen LogP contribution in [0.5, 0.6) is 0 Å². The van der Waals surface area contributed by atoms with Crippen molar-refractivity contribution in [1.29, 1.82) is 0 Å². The molecule has 0 aliphatic rings. The second-order valence-electron chi connectivity index (χ2n) is 3.49. The lowest BCUT2D eigenvalue weighted by atomic mass is 9.95. The first-order valence-electron chi connectivity index (χ1n) is 3.53. The molecule has 68 valence electrons. The van der Waals surface area contributed by atoms with Crippen molar-refractivity contribution >= 4 is 7.67 Å². The lowest BCUT2D eigenvalue weighted by Crippen LogP contribution is -2.32. The third kappa shape index (κ3) is 4.53. The molecule has 0 amide bonds. The molecule has 0 saturated carbocycles. The van der Waals surface area contributed by atoms with E-state index in [0.717, 1.165) is 0 Å². The van der Waals surface area contributed by atoms with Crippen LogP contribution < -0.4 is 11.0 Å². The van der Waals surface area contributed by atoms with Gasteiger partial charge in [-0.1, -0.05) is 13.8 Å². The topological polar surface area (TPSA) is 78.3 Å². The molecule has 0 aromatic heterocycles. The molecule has 0 saturated heterocycles. The van der Waals surface area contributed by atoms with Crippen molar-refractivity contribution in [3.8, 4) is 0 Å². The Morgan fingerprint density at radius 1 is 1.36 bits per heavy atom. The van der Waals surface area contributed by atoms with Gasteiger partial charge in [-0.25, -0.2) is 11.0 Å². The zero-order valence-electron chi connectivity index (χ0n) is 7.50. The Labute approximate surface area is 67.8 Å². The molecule has 0 aliphatic heterocycles. The Kier molecular flexibility index (Phi) is 3.27. The van der Waals surface area contributed by atoms with E-state index >= 15 is 0 Å². The van der Waals surface area contributed by atoms with E-state index in [1.165, 1.54) is 0 Å².